The largest absolute Gasteiger partial charge is 0.442 e. The number of carbonyl (C=O) groups is 2. The van der Waals surface area contributed by atoms with Crippen molar-refractivity contribution in [3.8, 4) is 0 Å². The van der Waals surface area contributed by atoms with Crippen molar-refractivity contribution in [2.24, 2.45) is 0 Å². The van der Waals surface area contributed by atoms with Crippen LogP contribution in [0.15, 0.2) is 24.5 Å². The molecule has 0 bridgehead atoms. The van der Waals surface area contributed by atoms with E-state index in [1.54, 1.807) is 13.2 Å². The maximum Gasteiger partial charge on any atom is 0.414 e. The Morgan fingerprint density at radius 1 is 1.10 bits per heavy atom. The van der Waals surface area contributed by atoms with Gasteiger partial charge in [-0.3, -0.25) is 4.90 Å². The van der Waals surface area contributed by atoms with Crippen molar-refractivity contribution in [1.82, 2.24) is 19.9 Å². The summed E-state index contributed by atoms with van der Waals surface area (Å²) < 4.78 is 41.8. The fourth-order valence-corrected chi connectivity index (χ4v) is 4.15. The lowest BCUT2D eigenvalue weighted by Gasteiger charge is -2.23. The number of nitrogens with zero attached hydrogens (tertiary/aromatic N) is 6. The second-order valence-corrected chi connectivity index (χ2v) is 7.50. The maximum atomic E-state index is 14.9. The van der Waals surface area contributed by atoms with Gasteiger partial charge >= 0.3 is 12.2 Å². The van der Waals surface area contributed by atoms with E-state index in [4.69, 9.17) is 9.47 Å². The molecule has 1 aromatic carbocycles. The molecule has 0 spiro atoms. The molecule has 3 aliphatic heterocycles. The number of hydrogen-bond acceptors (Lipinski definition) is 7. The van der Waals surface area contributed by atoms with Crippen molar-refractivity contribution in [3.05, 3.63) is 36.2 Å². The highest BCUT2D eigenvalue weighted by atomic mass is 19.1. The van der Waals surface area contributed by atoms with E-state index in [-0.39, 0.29) is 43.6 Å². The predicted molar refractivity (Wildman–Crippen MR) is 98.0 cm³/mol. The molecule has 0 unspecified atom stereocenters. The van der Waals surface area contributed by atoms with E-state index >= 15 is 0 Å². The topological polar surface area (TPSA) is 93.0 Å². The lowest BCUT2D eigenvalue weighted by atomic mass is 10.2. The lowest BCUT2D eigenvalue weighted by molar-refractivity contribution is 0.129. The van der Waals surface area contributed by atoms with Gasteiger partial charge in [0.15, 0.2) is 11.6 Å². The third-order valence-corrected chi connectivity index (χ3v) is 5.64. The Balaban J connectivity index is 1.34. The number of ether oxygens (including phenoxy) is 2. The number of likely N-dealkylation sites (N-methyl/N-ethyl adjacent to an activating group) is 1. The molecule has 3 aliphatic rings. The minimum atomic E-state index is -0.800. The molecule has 2 aromatic rings. The van der Waals surface area contributed by atoms with Crippen molar-refractivity contribution in [1.29, 1.82) is 0 Å². The van der Waals surface area contributed by atoms with Crippen LogP contribution in [0.3, 0.4) is 0 Å². The number of fused-ring (bicyclic) bond motifs is 1. The number of cyclic esters (lactones) is 1. The molecule has 0 N–H and O–H groups in total. The van der Waals surface area contributed by atoms with Gasteiger partial charge in [-0.1, -0.05) is 5.21 Å². The number of aromatic nitrogens is 3. The Kier molecular flexibility index (Phi) is 4.22. The van der Waals surface area contributed by atoms with Crippen LogP contribution >= 0.6 is 0 Å². The lowest BCUT2D eigenvalue weighted by Crippen LogP contribution is -2.35. The zero-order chi connectivity index (χ0) is 21.0. The first-order chi connectivity index (χ1) is 14.4. The van der Waals surface area contributed by atoms with Gasteiger partial charge in [0.25, 0.3) is 0 Å². The highest BCUT2D eigenvalue weighted by Gasteiger charge is 2.47. The number of anilines is 2. The third kappa shape index (κ3) is 2.99. The second-order valence-electron chi connectivity index (χ2n) is 7.50. The van der Waals surface area contributed by atoms with Gasteiger partial charge < -0.3 is 19.3 Å². The van der Waals surface area contributed by atoms with Crippen LogP contribution in [0.2, 0.25) is 0 Å². The van der Waals surface area contributed by atoms with Crippen molar-refractivity contribution < 1.29 is 27.8 Å². The summed E-state index contributed by atoms with van der Waals surface area (Å²) in [5.74, 6) is -1.60. The van der Waals surface area contributed by atoms with Crippen LogP contribution in [0.5, 0.6) is 0 Å². The first-order valence-electron chi connectivity index (χ1n) is 9.40. The Bertz CT molecular complexity index is 980. The van der Waals surface area contributed by atoms with Crippen LogP contribution in [0.4, 0.5) is 29.7 Å². The number of halogens is 2. The van der Waals surface area contributed by atoms with Crippen molar-refractivity contribution in [2.75, 3.05) is 36.5 Å². The first kappa shape index (κ1) is 18.6. The Labute approximate surface area is 169 Å². The number of rotatable bonds is 4. The van der Waals surface area contributed by atoms with Crippen molar-refractivity contribution in [2.45, 2.75) is 24.8 Å². The molecule has 10 nitrogen and oxygen atoms in total. The third-order valence-electron chi connectivity index (χ3n) is 5.64. The number of amides is 2. The van der Waals surface area contributed by atoms with E-state index in [1.807, 2.05) is 0 Å². The predicted octanol–water partition coefficient (Wildman–Crippen LogP) is 1.22. The average Bonchev–Trinajstić information content (AvgIpc) is 3.45. The molecule has 0 radical (unpaired) electrons. The summed E-state index contributed by atoms with van der Waals surface area (Å²) in [7, 11) is 1.60. The maximum absolute atomic E-state index is 14.9. The molecular weight excluding hydrogens is 402 g/mol. The van der Waals surface area contributed by atoms with Gasteiger partial charge in [-0.2, -0.15) is 0 Å². The summed E-state index contributed by atoms with van der Waals surface area (Å²) in [4.78, 5) is 28.0. The van der Waals surface area contributed by atoms with Crippen LogP contribution < -0.4 is 9.80 Å². The molecule has 3 saturated heterocycles. The SMILES string of the molecule is CN1C(=O)O[C@H]2CN(c3c(F)cc(N4C[C@H](Cn5ccnn5)OC4=O)cc3F)C[C@H]21. The highest BCUT2D eigenvalue weighted by molar-refractivity contribution is 5.90. The molecule has 30 heavy (non-hydrogen) atoms. The van der Waals surface area contributed by atoms with Crippen LogP contribution in [-0.4, -0.2) is 77.0 Å². The molecule has 2 amide bonds. The Morgan fingerprint density at radius 2 is 1.87 bits per heavy atom. The highest BCUT2D eigenvalue weighted by Crippen LogP contribution is 2.35. The summed E-state index contributed by atoms with van der Waals surface area (Å²) in [6, 6.07) is 1.96. The molecule has 4 heterocycles. The monoisotopic (exact) mass is 420 g/mol. The van der Waals surface area contributed by atoms with Crippen LogP contribution in [-0.2, 0) is 16.0 Å². The summed E-state index contributed by atoms with van der Waals surface area (Å²) in [6.45, 7) is 0.866. The van der Waals surface area contributed by atoms with Gasteiger partial charge in [0, 0.05) is 31.9 Å². The first-order valence-corrected chi connectivity index (χ1v) is 9.40. The summed E-state index contributed by atoms with van der Waals surface area (Å²) >= 11 is 0. The molecule has 5 rings (SSSR count). The van der Waals surface area contributed by atoms with E-state index in [1.165, 1.54) is 25.6 Å². The summed E-state index contributed by atoms with van der Waals surface area (Å²) in [6.07, 6.45) is 1.05. The van der Waals surface area contributed by atoms with E-state index in [2.05, 4.69) is 10.3 Å². The normalized spacial score (nSPS) is 25.7. The van der Waals surface area contributed by atoms with Gasteiger partial charge in [-0.15, -0.1) is 5.10 Å². The van der Waals surface area contributed by atoms with Gasteiger partial charge in [-0.25, -0.2) is 23.1 Å². The van der Waals surface area contributed by atoms with Crippen LogP contribution in [0.25, 0.3) is 0 Å². The smallest absolute Gasteiger partial charge is 0.414 e. The zero-order valence-corrected chi connectivity index (χ0v) is 15.9. The van der Waals surface area contributed by atoms with Crippen LogP contribution in [0, 0.1) is 11.6 Å². The van der Waals surface area contributed by atoms with E-state index in [0.29, 0.717) is 0 Å². The van der Waals surface area contributed by atoms with E-state index in [9.17, 15) is 18.4 Å². The van der Waals surface area contributed by atoms with Crippen molar-refractivity contribution >= 4 is 23.6 Å². The summed E-state index contributed by atoms with van der Waals surface area (Å²) in [5.41, 5.74) is -0.132. The minimum Gasteiger partial charge on any atom is -0.442 e. The molecule has 158 valence electrons. The van der Waals surface area contributed by atoms with Crippen molar-refractivity contribution in [3.63, 3.8) is 0 Å². The zero-order valence-electron chi connectivity index (χ0n) is 15.9. The number of benzene rings is 1. The van der Waals surface area contributed by atoms with Gasteiger partial charge in [0.1, 0.15) is 17.9 Å². The molecule has 3 fully saturated rings. The standard InChI is InChI=1S/C18H18F2N6O4/c1-23-14-8-24(9-15(14)30-17(23)27)16-12(19)4-10(5-13(16)20)26-7-11(29-18(26)28)6-25-3-2-21-22-25/h2-5,11,14-15H,6-9H2,1H3/t11-,14+,15-/m0/s1. The van der Waals surface area contributed by atoms with Gasteiger partial charge in [0.05, 0.1) is 37.6 Å². The van der Waals surface area contributed by atoms with E-state index in [0.717, 1.165) is 12.1 Å². The van der Waals surface area contributed by atoms with Gasteiger partial charge in [0.2, 0.25) is 0 Å². The quantitative estimate of drug-likeness (QED) is 0.734. The molecular formula is C18H18F2N6O4. The number of carbonyl (C=O) groups excluding carboxylic acids is 2. The molecule has 12 heteroatoms. The molecule has 3 atom stereocenters. The fourth-order valence-electron chi connectivity index (χ4n) is 4.15. The summed E-state index contributed by atoms with van der Waals surface area (Å²) in [5, 5.41) is 7.50. The number of hydrogen-bond donors (Lipinski definition) is 0. The fraction of sp³-hybridized carbons (Fsp3) is 0.444. The molecule has 0 aliphatic carbocycles. The van der Waals surface area contributed by atoms with Crippen LogP contribution in [0.1, 0.15) is 0 Å². The molecule has 1 aromatic heterocycles. The average molecular weight is 420 g/mol. The second kappa shape index (κ2) is 6.82. The minimum absolute atomic E-state index is 0.0720. The molecule has 0 saturated carbocycles. The Morgan fingerprint density at radius 3 is 2.53 bits per heavy atom. The van der Waals surface area contributed by atoms with Gasteiger partial charge in [-0.05, 0) is 0 Å². The Hall–Kier alpha value is -3.44. The van der Waals surface area contributed by atoms with E-state index < -0.39 is 36.0 Å².